The molecule has 7 atom stereocenters. The molecule has 23 heavy (non-hydrogen) atoms. The van der Waals surface area contributed by atoms with Crippen molar-refractivity contribution in [1.29, 1.82) is 0 Å². The summed E-state index contributed by atoms with van der Waals surface area (Å²) in [7, 11) is 0. The minimum absolute atomic E-state index is 0.00957. The van der Waals surface area contributed by atoms with Crippen molar-refractivity contribution in [2.45, 2.75) is 76.6 Å². The first-order valence-corrected chi connectivity index (χ1v) is 9.11. The van der Waals surface area contributed by atoms with E-state index in [1.54, 1.807) is 0 Å². The van der Waals surface area contributed by atoms with Crippen LogP contribution in [0, 0.1) is 23.2 Å². The number of aliphatic hydroxyl groups excluding tert-OH is 2. The van der Waals surface area contributed by atoms with Crippen molar-refractivity contribution in [2.24, 2.45) is 23.2 Å². The molecule has 0 bridgehead atoms. The molecular weight excluding hydrogens is 292 g/mol. The summed E-state index contributed by atoms with van der Waals surface area (Å²) in [6.07, 6.45) is 7.05. The third-order valence-electron chi connectivity index (χ3n) is 7.36. The summed E-state index contributed by atoms with van der Waals surface area (Å²) in [5, 5.41) is 21.0. The first-order chi connectivity index (χ1) is 10.8. The number of hydrogen-bond donors (Lipinski definition) is 2. The van der Waals surface area contributed by atoms with Crippen LogP contribution in [0.15, 0.2) is 11.6 Å². The Labute approximate surface area is 137 Å². The molecule has 0 spiro atoms. The van der Waals surface area contributed by atoms with E-state index in [-0.39, 0.29) is 23.4 Å². The molecular formula is C19H28O4. The van der Waals surface area contributed by atoms with Gasteiger partial charge in [-0.05, 0) is 56.3 Å². The molecule has 2 saturated carbocycles. The lowest BCUT2D eigenvalue weighted by Gasteiger charge is -2.60. The standard InChI is InChI=1S/C19H28O4/c1-18-8-7-12(20)9-11(18)3-4-13-14-5-6-16(22)23-19(14,2)10-15(21)17(13)18/h3,12-15,17,20-21H,4-10H2,1-2H3/t12-,13?,14?,15+,17?,18-,19-/m0/s1. The molecule has 3 unspecified atom stereocenters. The number of hydrogen-bond acceptors (Lipinski definition) is 4. The number of aliphatic hydroxyl groups is 2. The predicted molar refractivity (Wildman–Crippen MR) is 85.5 cm³/mol. The predicted octanol–water partition coefficient (Wildman–Crippen LogP) is 2.58. The molecule has 4 nitrogen and oxygen atoms in total. The van der Waals surface area contributed by atoms with E-state index in [2.05, 4.69) is 13.0 Å². The normalized spacial score (nSPS) is 52.6. The SMILES string of the molecule is C[C@]12CC[C@H](O)CC1=CCC1C2[C@H](O)C[C@]2(C)OC(=O)CCC12. The lowest BCUT2D eigenvalue weighted by Crippen LogP contribution is -2.61. The Kier molecular flexibility index (Phi) is 3.44. The van der Waals surface area contributed by atoms with Gasteiger partial charge in [-0.25, -0.2) is 0 Å². The van der Waals surface area contributed by atoms with Gasteiger partial charge in [0.25, 0.3) is 0 Å². The van der Waals surface area contributed by atoms with Gasteiger partial charge in [-0.1, -0.05) is 18.6 Å². The molecule has 128 valence electrons. The number of ether oxygens (including phenoxy) is 1. The van der Waals surface area contributed by atoms with Crippen LogP contribution >= 0.6 is 0 Å². The second kappa shape index (κ2) is 5.06. The van der Waals surface area contributed by atoms with Crippen molar-refractivity contribution < 1.29 is 19.7 Å². The average molecular weight is 320 g/mol. The van der Waals surface area contributed by atoms with Crippen LogP contribution < -0.4 is 0 Å². The lowest BCUT2D eigenvalue weighted by atomic mass is 9.48. The first kappa shape index (κ1) is 15.6. The van der Waals surface area contributed by atoms with Gasteiger partial charge in [0.05, 0.1) is 12.2 Å². The van der Waals surface area contributed by atoms with Gasteiger partial charge in [0, 0.05) is 18.8 Å². The second-order valence-electron chi connectivity index (χ2n) is 8.67. The van der Waals surface area contributed by atoms with Crippen LogP contribution in [0.2, 0.25) is 0 Å². The summed E-state index contributed by atoms with van der Waals surface area (Å²) in [6.45, 7) is 4.29. The molecule has 3 aliphatic carbocycles. The zero-order chi connectivity index (χ0) is 16.4. The van der Waals surface area contributed by atoms with Gasteiger partial charge in [-0.15, -0.1) is 0 Å². The van der Waals surface area contributed by atoms with Crippen LogP contribution in [0.1, 0.15) is 58.8 Å². The molecule has 0 aromatic carbocycles. The van der Waals surface area contributed by atoms with E-state index in [1.807, 2.05) is 6.92 Å². The summed E-state index contributed by atoms with van der Waals surface area (Å²) in [5.41, 5.74) is 0.823. The summed E-state index contributed by atoms with van der Waals surface area (Å²) >= 11 is 0. The molecule has 0 radical (unpaired) electrons. The highest BCUT2D eigenvalue weighted by molar-refractivity contribution is 5.71. The number of carbonyl (C=O) groups excluding carboxylic acids is 1. The number of rotatable bonds is 0. The molecule has 1 aliphatic heterocycles. The van der Waals surface area contributed by atoms with Gasteiger partial charge in [-0.2, -0.15) is 0 Å². The van der Waals surface area contributed by atoms with E-state index < -0.39 is 11.7 Å². The Bertz CT molecular complexity index is 556. The Morgan fingerprint density at radius 3 is 2.83 bits per heavy atom. The number of esters is 1. The highest BCUT2D eigenvalue weighted by Gasteiger charge is 2.60. The van der Waals surface area contributed by atoms with Gasteiger partial charge in [-0.3, -0.25) is 4.79 Å². The quantitative estimate of drug-likeness (QED) is 0.532. The van der Waals surface area contributed by atoms with E-state index in [4.69, 9.17) is 4.74 Å². The van der Waals surface area contributed by atoms with Gasteiger partial charge in [0.1, 0.15) is 5.60 Å². The Morgan fingerprint density at radius 1 is 1.26 bits per heavy atom. The Hall–Kier alpha value is -0.870. The fourth-order valence-electron chi connectivity index (χ4n) is 6.30. The second-order valence-corrected chi connectivity index (χ2v) is 8.67. The lowest BCUT2D eigenvalue weighted by molar-refractivity contribution is -0.210. The molecule has 0 aromatic rings. The van der Waals surface area contributed by atoms with Crippen LogP contribution in [0.25, 0.3) is 0 Å². The zero-order valence-electron chi connectivity index (χ0n) is 14.1. The van der Waals surface area contributed by atoms with Crippen molar-refractivity contribution in [3.8, 4) is 0 Å². The van der Waals surface area contributed by atoms with E-state index >= 15 is 0 Å². The minimum Gasteiger partial charge on any atom is -0.459 e. The van der Waals surface area contributed by atoms with E-state index in [0.29, 0.717) is 24.7 Å². The minimum atomic E-state index is -0.508. The third-order valence-corrected chi connectivity index (χ3v) is 7.36. The largest absolute Gasteiger partial charge is 0.459 e. The fourth-order valence-corrected chi connectivity index (χ4v) is 6.30. The maximum absolute atomic E-state index is 11.8. The van der Waals surface area contributed by atoms with E-state index in [0.717, 1.165) is 32.1 Å². The maximum Gasteiger partial charge on any atom is 0.306 e. The molecule has 4 aliphatic rings. The molecule has 1 heterocycles. The maximum atomic E-state index is 11.8. The Balaban J connectivity index is 1.71. The fraction of sp³-hybridized carbons (Fsp3) is 0.842. The molecule has 0 amide bonds. The monoisotopic (exact) mass is 320 g/mol. The smallest absolute Gasteiger partial charge is 0.306 e. The molecule has 4 heteroatoms. The van der Waals surface area contributed by atoms with Crippen molar-refractivity contribution in [3.05, 3.63) is 11.6 Å². The van der Waals surface area contributed by atoms with Crippen molar-refractivity contribution in [2.75, 3.05) is 0 Å². The third kappa shape index (κ3) is 2.21. The topological polar surface area (TPSA) is 66.8 Å². The van der Waals surface area contributed by atoms with Crippen LogP contribution in [-0.4, -0.2) is 34.0 Å². The number of fused-ring (bicyclic) bond motifs is 5. The molecule has 4 rings (SSSR count). The summed E-state index contributed by atoms with van der Waals surface area (Å²) in [5.74, 6) is 0.828. The summed E-state index contributed by atoms with van der Waals surface area (Å²) in [6, 6.07) is 0. The highest BCUT2D eigenvalue weighted by Crippen LogP contribution is 2.61. The molecule has 0 aromatic heterocycles. The van der Waals surface area contributed by atoms with E-state index in [1.165, 1.54) is 5.57 Å². The van der Waals surface area contributed by atoms with Gasteiger partial charge < -0.3 is 14.9 Å². The zero-order valence-corrected chi connectivity index (χ0v) is 14.1. The van der Waals surface area contributed by atoms with E-state index in [9.17, 15) is 15.0 Å². The average Bonchev–Trinajstić information content (AvgIpc) is 2.46. The van der Waals surface area contributed by atoms with Crippen LogP contribution in [0.5, 0.6) is 0 Å². The summed E-state index contributed by atoms with van der Waals surface area (Å²) in [4.78, 5) is 11.8. The van der Waals surface area contributed by atoms with Gasteiger partial charge in [0.2, 0.25) is 0 Å². The van der Waals surface area contributed by atoms with Crippen LogP contribution in [0.4, 0.5) is 0 Å². The highest BCUT2D eigenvalue weighted by atomic mass is 16.6. The van der Waals surface area contributed by atoms with Gasteiger partial charge >= 0.3 is 5.97 Å². The number of carbonyl (C=O) groups is 1. The van der Waals surface area contributed by atoms with Crippen molar-refractivity contribution in [3.63, 3.8) is 0 Å². The molecule has 1 saturated heterocycles. The molecule has 2 N–H and O–H groups in total. The van der Waals surface area contributed by atoms with Crippen molar-refractivity contribution in [1.82, 2.24) is 0 Å². The van der Waals surface area contributed by atoms with Crippen LogP contribution in [-0.2, 0) is 9.53 Å². The summed E-state index contributed by atoms with van der Waals surface area (Å²) < 4.78 is 5.72. The van der Waals surface area contributed by atoms with Gasteiger partial charge in [0.15, 0.2) is 0 Å². The number of allylic oxidation sites excluding steroid dienone is 1. The van der Waals surface area contributed by atoms with Crippen molar-refractivity contribution >= 4 is 5.97 Å². The molecule has 3 fully saturated rings. The van der Waals surface area contributed by atoms with Crippen LogP contribution in [0.3, 0.4) is 0 Å². The first-order valence-electron chi connectivity index (χ1n) is 9.11. The Morgan fingerprint density at radius 2 is 2.04 bits per heavy atom.